The lowest BCUT2D eigenvalue weighted by molar-refractivity contribution is 0.598. The second kappa shape index (κ2) is 6.48. The molecule has 0 aliphatic carbocycles. The predicted molar refractivity (Wildman–Crippen MR) is 77.2 cm³/mol. The normalized spacial score (nSPS) is 10.9. The number of rotatable bonds is 5. The molecule has 6 heteroatoms. The van der Waals surface area contributed by atoms with Crippen molar-refractivity contribution in [2.45, 2.75) is 31.6 Å². The number of benzene rings is 1. The zero-order valence-electron chi connectivity index (χ0n) is 10.5. The highest BCUT2D eigenvalue weighted by Gasteiger charge is 2.15. The Hall–Kier alpha value is -0.940. The van der Waals surface area contributed by atoms with E-state index in [1.54, 1.807) is 12.1 Å². The van der Waals surface area contributed by atoms with Gasteiger partial charge in [0.25, 0.3) is 0 Å². The fourth-order valence-corrected chi connectivity index (χ4v) is 2.59. The molecule has 0 spiro atoms. The van der Waals surface area contributed by atoms with Gasteiger partial charge in [0.05, 0.1) is 5.33 Å². The fourth-order valence-electron chi connectivity index (χ4n) is 1.94. The minimum Gasteiger partial charge on any atom is -0.314 e. The first kappa shape index (κ1) is 14.5. The van der Waals surface area contributed by atoms with Crippen molar-refractivity contribution in [2.75, 3.05) is 0 Å². The van der Waals surface area contributed by atoms with Crippen LogP contribution >= 0.6 is 27.5 Å². The molecule has 0 aliphatic heterocycles. The summed E-state index contributed by atoms with van der Waals surface area (Å²) in [7, 11) is 0. The average Bonchev–Trinajstić information content (AvgIpc) is 2.77. The summed E-state index contributed by atoms with van der Waals surface area (Å²) < 4.78 is 15.8. The summed E-state index contributed by atoms with van der Waals surface area (Å²) in [5.74, 6) is 1.28. The first-order valence-electron chi connectivity index (χ1n) is 6.07. The standard InChI is InChI=1S/C13H14BrClFN3/c1-2-6-19-12(17-18-13(19)8-14)7-9-10(15)4-3-5-11(9)16/h3-5H,2,6-8H2,1H3. The molecule has 102 valence electrons. The monoisotopic (exact) mass is 345 g/mol. The molecule has 1 aromatic heterocycles. The molecule has 0 saturated heterocycles. The molecule has 1 heterocycles. The van der Waals surface area contributed by atoms with E-state index in [2.05, 4.69) is 33.1 Å². The van der Waals surface area contributed by atoms with Crippen molar-refractivity contribution < 1.29 is 4.39 Å². The van der Waals surface area contributed by atoms with Crippen LogP contribution < -0.4 is 0 Å². The summed E-state index contributed by atoms with van der Waals surface area (Å²) in [6.45, 7) is 2.90. The van der Waals surface area contributed by atoms with Gasteiger partial charge in [0.15, 0.2) is 0 Å². The molecule has 3 nitrogen and oxygen atoms in total. The minimum atomic E-state index is -0.307. The predicted octanol–water partition coefficient (Wildman–Crippen LogP) is 3.97. The number of nitrogens with zero attached hydrogens (tertiary/aromatic N) is 3. The van der Waals surface area contributed by atoms with E-state index in [1.807, 2.05) is 4.57 Å². The van der Waals surface area contributed by atoms with Crippen LogP contribution in [0.3, 0.4) is 0 Å². The van der Waals surface area contributed by atoms with Crippen LogP contribution in [-0.2, 0) is 18.3 Å². The molecule has 0 atom stereocenters. The van der Waals surface area contributed by atoms with Crippen molar-refractivity contribution in [3.8, 4) is 0 Å². The molecule has 0 amide bonds. The molecule has 19 heavy (non-hydrogen) atoms. The Morgan fingerprint density at radius 3 is 2.68 bits per heavy atom. The number of hydrogen-bond acceptors (Lipinski definition) is 2. The summed E-state index contributed by atoms with van der Waals surface area (Å²) in [5, 5.41) is 9.30. The highest BCUT2D eigenvalue weighted by Crippen LogP contribution is 2.22. The summed E-state index contributed by atoms with van der Waals surface area (Å²) >= 11 is 9.43. The van der Waals surface area contributed by atoms with E-state index in [9.17, 15) is 4.39 Å². The van der Waals surface area contributed by atoms with Gasteiger partial charge in [0.1, 0.15) is 17.5 Å². The Balaban J connectivity index is 2.35. The van der Waals surface area contributed by atoms with Gasteiger partial charge in [-0.15, -0.1) is 10.2 Å². The summed E-state index contributed by atoms with van der Waals surface area (Å²) in [5.41, 5.74) is 0.468. The summed E-state index contributed by atoms with van der Waals surface area (Å²) in [6, 6.07) is 4.70. The lowest BCUT2D eigenvalue weighted by Gasteiger charge is -2.09. The smallest absolute Gasteiger partial charge is 0.143 e. The van der Waals surface area contributed by atoms with Gasteiger partial charge in [0, 0.05) is 23.6 Å². The average molecular weight is 347 g/mol. The lowest BCUT2D eigenvalue weighted by Crippen LogP contribution is -2.08. The topological polar surface area (TPSA) is 30.7 Å². The van der Waals surface area contributed by atoms with E-state index >= 15 is 0 Å². The van der Waals surface area contributed by atoms with Gasteiger partial charge < -0.3 is 4.57 Å². The van der Waals surface area contributed by atoms with Crippen LogP contribution in [0.25, 0.3) is 0 Å². The van der Waals surface area contributed by atoms with E-state index in [0.29, 0.717) is 22.3 Å². The Morgan fingerprint density at radius 2 is 2.05 bits per heavy atom. The summed E-state index contributed by atoms with van der Waals surface area (Å²) in [4.78, 5) is 0. The van der Waals surface area contributed by atoms with E-state index in [0.717, 1.165) is 24.6 Å². The second-order valence-corrected chi connectivity index (χ2v) is 5.16. The molecule has 0 unspecified atom stereocenters. The Labute approximate surface area is 124 Å². The zero-order chi connectivity index (χ0) is 13.8. The van der Waals surface area contributed by atoms with Crippen molar-refractivity contribution in [1.29, 1.82) is 0 Å². The van der Waals surface area contributed by atoms with Crippen LogP contribution in [0.1, 0.15) is 30.6 Å². The quantitative estimate of drug-likeness (QED) is 0.767. The van der Waals surface area contributed by atoms with Crippen LogP contribution in [-0.4, -0.2) is 14.8 Å². The van der Waals surface area contributed by atoms with Gasteiger partial charge >= 0.3 is 0 Å². The van der Waals surface area contributed by atoms with Crippen molar-refractivity contribution in [2.24, 2.45) is 0 Å². The first-order valence-corrected chi connectivity index (χ1v) is 7.57. The second-order valence-electron chi connectivity index (χ2n) is 4.19. The molecule has 0 fully saturated rings. The van der Waals surface area contributed by atoms with E-state index in [4.69, 9.17) is 11.6 Å². The van der Waals surface area contributed by atoms with Gasteiger partial charge in [-0.2, -0.15) is 0 Å². The third kappa shape index (κ3) is 3.15. The van der Waals surface area contributed by atoms with Gasteiger partial charge in [-0.3, -0.25) is 0 Å². The van der Waals surface area contributed by atoms with Crippen molar-refractivity contribution in [3.05, 3.63) is 46.3 Å². The van der Waals surface area contributed by atoms with E-state index < -0.39 is 0 Å². The molecule has 1 aromatic carbocycles. The van der Waals surface area contributed by atoms with Crippen LogP contribution in [0.15, 0.2) is 18.2 Å². The Kier molecular flexibility index (Phi) is 4.93. The minimum absolute atomic E-state index is 0.307. The van der Waals surface area contributed by atoms with Crippen LogP contribution in [0.4, 0.5) is 4.39 Å². The molecule has 2 rings (SSSR count). The van der Waals surface area contributed by atoms with Crippen molar-refractivity contribution in [3.63, 3.8) is 0 Å². The van der Waals surface area contributed by atoms with Gasteiger partial charge in [-0.25, -0.2) is 4.39 Å². The summed E-state index contributed by atoms with van der Waals surface area (Å²) in [6.07, 6.45) is 1.32. The zero-order valence-corrected chi connectivity index (χ0v) is 12.9. The molecule has 0 bridgehead atoms. The molecule has 0 radical (unpaired) electrons. The molecule has 0 aliphatic rings. The molecular weight excluding hydrogens is 333 g/mol. The van der Waals surface area contributed by atoms with Crippen molar-refractivity contribution >= 4 is 27.5 Å². The largest absolute Gasteiger partial charge is 0.314 e. The number of alkyl halides is 1. The van der Waals surface area contributed by atoms with Crippen molar-refractivity contribution in [1.82, 2.24) is 14.8 Å². The highest BCUT2D eigenvalue weighted by molar-refractivity contribution is 9.08. The van der Waals surface area contributed by atoms with E-state index in [-0.39, 0.29) is 5.82 Å². The molecule has 2 aromatic rings. The van der Waals surface area contributed by atoms with Gasteiger partial charge in [-0.05, 0) is 18.6 Å². The maximum Gasteiger partial charge on any atom is 0.143 e. The fraction of sp³-hybridized carbons (Fsp3) is 0.385. The molecular formula is C13H14BrClFN3. The maximum atomic E-state index is 13.8. The number of aromatic nitrogens is 3. The van der Waals surface area contributed by atoms with Crippen LogP contribution in [0.5, 0.6) is 0 Å². The Morgan fingerprint density at radius 1 is 1.32 bits per heavy atom. The van der Waals surface area contributed by atoms with Crippen LogP contribution in [0, 0.1) is 5.82 Å². The lowest BCUT2D eigenvalue weighted by atomic mass is 10.1. The first-order chi connectivity index (χ1) is 9.17. The molecule has 0 N–H and O–H groups in total. The molecule has 0 saturated carbocycles. The Bertz CT molecular complexity index is 551. The van der Waals surface area contributed by atoms with Gasteiger partial charge in [-0.1, -0.05) is 40.5 Å². The number of halogens is 3. The third-order valence-corrected chi connectivity index (χ3v) is 3.72. The highest BCUT2D eigenvalue weighted by atomic mass is 79.9. The van der Waals surface area contributed by atoms with E-state index in [1.165, 1.54) is 6.07 Å². The van der Waals surface area contributed by atoms with Gasteiger partial charge in [0.2, 0.25) is 0 Å². The van der Waals surface area contributed by atoms with Crippen LogP contribution in [0.2, 0.25) is 5.02 Å². The number of hydrogen-bond donors (Lipinski definition) is 0. The third-order valence-electron chi connectivity index (χ3n) is 2.87. The maximum absolute atomic E-state index is 13.8. The SMILES string of the molecule is CCCn1c(CBr)nnc1Cc1c(F)cccc1Cl.